The van der Waals surface area contributed by atoms with E-state index in [9.17, 15) is 9.32 Å². The third-order valence-corrected chi connectivity index (χ3v) is 7.94. The monoisotopic (exact) mass is 555 g/mol. The Balaban J connectivity index is 1.24. The number of hydrogen-bond acceptors (Lipinski definition) is 11. The van der Waals surface area contributed by atoms with Crippen LogP contribution in [0, 0.1) is 4.78 Å². The summed E-state index contributed by atoms with van der Waals surface area (Å²) in [6.45, 7) is 3.77. The van der Waals surface area contributed by atoms with Crippen LogP contribution in [0.4, 0.5) is 0 Å². The Morgan fingerprint density at radius 3 is 2.63 bits per heavy atom. The van der Waals surface area contributed by atoms with Crippen molar-refractivity contribution in [2.24, 2.45) is 4.99 Å². The third-order valence-electron chi connectivity index (χ3n) is 6.54. The number of pyridine rings is 1. The number of aromatic amines is 1. The molecule has 0 radical (unpaired) electrons. The molecule has 2 fully saturated rings. The molecular weight excluding hydrogens is 534 g/mol. The van der Waals surface area contributed by atoms with E-state index in [1.54, 1.807) is 6.07 Å². The van der Waals surface area contributed by atoms with Crippen LogP contribution in [0.1, 0.15) is 0 Å². The first-order chi connectivity index (χ1) is 18.2. The summed E-state index contributed by atoms with van der Waals surface area (Å²) < 4.78 is 36.9. The zero-order valence-corrected chi connectivity index (χ0v) is 21.6. The predicted molar refractivity (Wildman–Crippen MR) is 139 cm³/mol. The van der Waals surface area contributed by atoms with Crippen molar-refractivity contribution in [2.45, 2.75) is 28.9 Å². The second kappa shape index (κ2) is 9.06. The average Bonchev–Trinajstić information content (AvgIpc) is 3.56. The second-order valence-electron chi connectivity index (χ2n) is 9.04. The molecule has 196 valence electrons. The van der Waals surface area contributed by atoms with Gasteiger partial charge >= 0.3 is 0 Å². The minimum atomic E-state index is -2.88. The lowest BCUT2D eigenvalue weighted by Crippen LogP contribution is -2.46. The first-order valence-electron chi connectivity index (χ1n) is 11.5. The molecule has 2 saturated heterocycles. The van der Waals surface area contributed by atoms with E-state index in [1.807, 2.05) is 24.3 Å². The molecule has 1 aromatic carbocycles. The predicted octanol–water partition coefficient (Wildman–Crippen LogP) is 2.70. The number of ether oxygens (including phenoxy) is 3. The number of hydrogen-bond donors (Lipinski definition) is 3. The molecule has 5 atom stereocenters. The lowest BCUT2D eigenvalue weighted by Gasteiger charge is -2.25. The average molecular weight is 556 g/mol. The Bertz CT molecular complexity index is 1650. The Hall–Kier alpha value is -3.49. The standard InChI is InChI=1S/C24H22ClN7O5S/c1-27-24-18(33)11-35-20(24)17(10-36-24)37-23-30-16-7-15(25)19(31-22(16)32-23)12-3-5-13(6-4-12)21-28-8-14(9-29-21)38(2,26)34/h3-9,17-18,20,26,33H,1,10-11H2,2H3,(H,30,31,32)/t17-,18-,20-,24-,38?/m1/s1. The minimum Gasteiger partial charge on any atom is -0.456 e. The van der Waals surface area contributed by atoms with Gasteiger partial charge in [-0.25, -0.2) is 23.9 Å². The van der Waals surface area contributed by atoms with Gasteiger partial charge in [-0.05, 0) is 12.8 Å². The van der Waals surface area contributed by atoms with Gasteiger partial charge in [0.15, 0.2) is 17.6 Å². The van der Waals surface area contributed by atoms with Crippen LogP contribution < -0.4 is 4.74 Å². The number of imidazole rings is 1. The van der Waals surface area contributed by atoms with Crippen molar-refractivity contribution in [3.8, 4) is 28.7 Å². The fourth-order valence-electron chi connectivity index (χ4n) is 4.56. The Morgan fingerprint density at radius 1 is 1.24 bits per heavy atom. The molecule has 1 unspecified atom stereocenters. The van der Waals surface area contributed by atoms with E-state index in [4.69, 9.17) is 30.6 Å². The number of benzene rings is 1. The van der Waals surface area contributed by atoms with Crippen molar-refractivity contribution in [2.75, 3.05) is 19.5 Å². The zero-order valence-electron chi connectivity index (χ0n) is 20.0. The number of aliphatic hydroxyl groups excluding tert-OH is 1. The van der Waals surface area contributed by atoms with Gasteiger partial charge in [0.05, 0.1) is 44.1 Å². The van der Waals surface area contributed by atoms with Crippen LogP contribution in [0.25, 0.3) is 33.8 Å². The summed E-state index contributed by atoms with van der Waals surface area (Å²) >= 11 is 6.55. The van der Waals surface area contributed by atoms with Crippen molar-refractivity contribution in [1.82, 2.24) is 24.9 Å². The van der Waals surface area contributed by atoms with Crippen molar-refractivity contribution in [3.63, 3.8) is 0 Å². The van der Waals surface area contributed by atoms with E-state index < -0.39 is 33.8 Å². The lowest BCUT2D eigenvalue weighted by molar-refractivity contribution is -0.0686. The Morgan fingerprint density at radius 2 is 1.95 bits per heavy atom. The quantitative estimate of drug-likeness (QED) is 0.303. The minimum absolute atomic E-state index is 0.0755. The van der Waals surface area contributed by atoms with E-state index >= 15 is 0 Å². The molecule has 2 aliphatic heterocycles. The van der Waals surface area contributed by atoms with E-state index in [1.165, 1.54) is 18.6 Å². The Kier molecular flexibility index (Phi) is 5.92. The Labute approximate surface area is 222 Å². The van der Waals surface area contributed by atoms with E-state index in [0.29, 0.717) is 27.7 Å². The molecule has 3 aromatic heterocycles. The summed E-state index contributed by atoms with van der Waals surface area (Å²) in [5, 5.41) is 10.6. The molecule has 14 heteroatoms. The molecule has 0 amide bonds. The highest BCUT2D eigenvalue weighted by Crippen LogP contribution is 2.40. The summed E-state index contributed by atoms with van der Waals surface area (Å²) in [5.41, 5.74) is 1.76. The van der Waals surface area contributed by atoms with Gasteiger partial charge < -0.3 is 24.3 Å². The molecule has 4 aromatic rings. The third kappa shape index (κ3) is 4.12. The van der Waals surface area contributed by atoms with Gasteiger partial charge in [0.25, 0.3) is 6.01 Å². The largest absolute Gasteiger partial charge is 0.456 e. The molecule has 0 saturated carbocycles. The number of aliphatic hydroxyl groups is 1. The lowest BCUT2D eigenvalue weighted by atomic mass is 10.0. The summed E-state index contributed by atoms with van der Waals surface area (Å²) in [5.74, 6) is 0.442. The van der Waals surface area contributed by atoms with Crippen molar-refractivity contribution >= 4 is 39.2 Å². The number of nitrogens with one attached hydrogen (secondary N) is 2. The number of halogens is 1. The highest BCUT2D eigenvalue weighted by molar-refractivity contribution is 7.91. The summed E-state index contributed by atoms with van der Waals surface area (Å²) in [4.78, 5) is 24.8. The van der Waals surface area contributed by atoms with Crippen LogP contribution in [0.15, 0.2) is 52.6 Å². The maximum Gasteiger partial charge on any atom is 0.296 e. The van der Waals surface area contributed by atoms with Crippen molar-refractivity contribution in [1.29, 1.82) is 4.78 Å². The molecule has 38 heavy (non-hydrogen) atoms. The first kappa shape index (κ1) is 24.8. The van der Waals surface area contributed by atoms with Gasteiger partial charge in [-0.2, -0.15) is 4.98 Å². The summed E-state index contributed by atoms with van der Waals surface area (Å²) in [6.07, 6.45) is 2.04. The second-order valence-corrected chi connectivity index (χ2v) is 11.6. The number of H-pyrrole nitrogens is 1. The van der Waals surface area contributed by atoms with Crippen LogP contribution in [-0.2, 0) is 19.2 Å². The highest BCUT2D eigenvalue weighted by atomic mass is 35.5. The molecule has 5 heterocycles. The summed E-state index contributed by atoms with van der Waals surface area (Å²) in [6, 6.07) is 9.25. The van der Waals surface area contributed by atoms with Gasteiger partial charge in [0.2, 0.25) is 5.72 Å². The number of nitrogens with zero attached hydrogens (tertiary/aromatic N) is 5. The highest BCUT2D eigenvalue weighted by Gasteiger charge is 2.61. The normalized spacial score (nSPS) is 26.2. The van der Waals surface area contributed by atoms with Gasteiger partial charge in [0.1, 0.15) is 12.2 Å². The van der Waals surface area contributed by atoms with E-state index in [0.717, 1.165) is 11.1 Å². The topological polar surface area (TPSA) is 169 Å². The summed E-state index contributed by atoms with van der Waals surface area (Å²) in [7, 11) is -2.88. The van der Waals surface area contributed by atoms with E-state index in [-0.39, 0.29) is 24.1 Å². The van der Waals surface area contributed by atoms with Crippen LogP contribution in [0.3, 0.4) is 0 Å². The van der Waals surface area contributed by atoms with Gasteiger partial charge in [-0.3, -0.25) is 4.99 Å². The first-order valence-corrected chi connectivity index (χ1v) is 13.8. The number of aromatic nitrogens is 5. The van der Waals surface area contributed by atoms with Gasteiger partial charge in [-0.15, -0.1) is 0 Å². The molecule has 12 nitrogen and oxygen atoms in total. The maximum absolute atomic E-state index is 11.9. The number of rotatable bonds is 6. The molecule has 0 spiro atoms. The molecule has 2 aliphatic rings. The fourth-order valence-corrected chi connectivity index (χ4v) is 5.32. The molecule has 3 N–H and O–H groups in total. The molecule has 0 bridgehead atoms. The number of fused-ring (bicyclic) bond motifs is 2. The fraction of sp³-hybridized carbons (Fsp3) is 0.292. The number of aliphatic imine (C=N–C) groups is 1. The van der Waals surface area contributed by atoms with Crippen LogP contribution in [-0.4, -0.2) is 84.5 Å². The maximum atomic E-state index is 11.9. The van der Waals surface area contributed by atoms with Crippen molar-refractivity contribution in [3.05, 3.63) is 47.7 Å². The molecule has 6 rings (SSSR count). The van der Waals surface area contributed by atoms with Crippen LogP contribution >= 0.6 is 11.6 Å². The molecular formula is C24H22ClN7O5S. The van der Waals surface area contributed by atoms with Gasteiger partial charge in [0, 0.05) is 29.8 Å². The van der Waals surface area contributed by atoms with Crippen LogP contribution in [0.2, 0.25) is 5.02 Å². The van der Waals surface area contributed by atoms with Crippen LogP contribution in [0.5, 0.6) is 6.01 Å². The van der Waals surface area contributed by atoms with Gasteiger partial charge in [-0.1, -0.05) is 35.9 Å². The zero-order chi connectivity index (χ0) is 26.7. The molecule has 0 aliphatic carbocycles. The smallest absolute Gasteiger partial charge is 0.296 e. The SMILES string of the molecule is C=N[C@]12OC[C@@H](Oc3nc4nc(-c5ccc(-c6ncc(S(C)(=N)=O)cn6)cc5)c(Cl)cc4[nH]3)[C@H]1OC[C@H]2O. The van der Waals surface area contributed by atoms with Crippen molar-refractivity contribution < 1.29 is 23.5 Å². The van der Waals surface area contributed by atoms with E-state index in [2.05, 4.69) is 36.6 Å².